The SMILES string of the molecule is CCN1CCC2(CCC1=O)CC(NC(=O)c1ccccn1)c1ccccc1O2. The van der Waals surface area contributed by atoms with Gasteiger partial charge in [-0.15, -0.1) is 0 Å². The van der Waals surface area contributed by atoms with Crippen LogP contribution in [0.3, 0.4) is 0 Å². The molecule has 28 heavy (non-hydrogen) atoms. The molecule has 1 spiro atoms. The highest BCUT2D eigenvalue weighted by Crippen LogP contribution is 2.44. The van der Waals surface area contributed by atoms with Gasteiger partial charge in [0.1, 0.15) is 17.0 Å². The summed E-state index contributed by atoms with van der Waals surface area (Å²) < 4.78 is 6.45. The molecular formula is C22H25N3O3. The van der Waals surface area contributed by atoms with Crippen molar-refractivity contribution < 1.29 is 14.3 Å². The number of fused-ring (bicyclic) bond motifs is 1. The average Bonchev–Trinajstić information content (AvgIpc) is 2.87. The molecule has 0 aliphatic carbocycles. The number of para-hydroxylation sites is 1. The molecule has 0 saturated carbocycles. The summed E-state index contributed by atoms with van der Waals surface area (Å²) in [6, 6.07) is 13.0. The van der Waals surface area contributed by atoms with E-state index in [1.165, 1.54) is 0 Å². The van der Waals surface area contributed by atoms with Crippen molar-refractivity contribution >= 4 is 11.8 Å². The van der Waals surface area contributed by atoms with E-state index < -0.39 is 5.60 Å². The van der Waals surface area contributed by atoms with Crippen molar-refractivity contribution in [2.24, 2.45) is 0 Å². The summed E-state index contributed by atoms with van der Waals surface area (Å²) in [4.78, 5) is 31.1. The van der Waals surface area contributed by atoms with Crippen LogP contribution in [0.4, 0.5) is 0 Å². The lowest BCUT2D eigenvalue weighted by Crippen LogP contribution is -2.46. The number of ether oxygens (including phenoxy) is 1. The molecule has 1 fully saturated rings. The monoisotopic (exact) mass is 379 g/mol. The molecule has 1 aromatic carbocycles. The summed E-state index contributed by atoms with van der Waals surface area (Å²) in [5.41, 5.74) is 0.921. The Morgan fingerprint density at radius 3 is 2.86 bits per heavy atom. The number of hydrogen-bond acceptors (Lipinski definition) is 4. The second-order valence-electron chi connectivity index (χ2n) is 7.49. The van der Waals surface area contributed by atoms with Gasteiger partial charge in [-0.25, -0.2) is 0 Å². The molecule has 2 atom stereocenters. The zero-order valence-corrected chi connectivity index (χ0v) is 16.1. The molecule has 6 nitrogen and oxygen atoms in total. The van der Waals surface area contributed by atoms with Gasteiger partial charge in [-0.05, 0) is 31.5 Å². The molecule has 0 radical (unpaired) electrons. The summed E-state index contributed by atoms with van der Waals surface area (Å²) in [5.74, 6) is 0.769. The molecule has 1 aromatic heterocycles. The standard InChI is InChI=1S/C22H25N3O3/c1-2-25-14-12-22(11-10-20(25)26)15-18(16-7-3-4-9-19(16)28-22)24-21(27)17-8-5-6-13-23-17/h3-9,13,18H,2,10-12,14-15H2,1H3,(H,24,27). The van der Waals surface area contributed by atoms with Gasteiger partial charge >= 0.3 is 0 Å². The Hall–Kier alpha value is -2.89. The average molecular weight is 379 g/mol. The molecule has 6 heteroatoms. The first-order valence-electron chi connectivity index (χ1n) is 9.88. The van der Waals surface area contributed by atoms with Crippen LogP contribution < -0.4 is 10.1 Å². The Morgan fingerprint density at radius 1 is 1.25 bits per heavy atom. The Balaban J connectivity index is 1.61. The molecule has 146 valence electrons. The van der Waals surface area contributed by atoms with Crippen LogP contribution in [-0.2, 0) is 4.79 Å². The van der Waals surface area contributed by atoms with Gasteiger partial charge in [-0.1, -0.05) is 24.3 Å². The maximum absolute atomic E-state index is 12.7. The van der Waals surface area contributed by atoms with Crippen molar-refractivity contribution in [1.29, 1.82) is 0 Å². The number of likely N-dealkylation sites (tertiary alicyclic amines) is 1. The lowest BCUT2D eigenvalue weighted by molar-refractivity contribution is -0.130. The van der Waals surface area contributed by atoms with Crippen LogP contribution in [0.25, 0.3) is 0 Å². The Bertz CT molecular complexity index is 870. The van der Waals surface area contributed by atoms with E-state index in [2.05, 4.69) is 10.3 Å². The summed E-state index contributed by atoms with van der Waals surface area (Å²) in [5, 5.41) is 3.14. The summed E-state index contributed by atoms with van der Waals surface area (Å²) in [7, 11) is 0. The number of nitrogens with one attached hydrogen (secondary N) is 1. The topological polar surface area (TPSA) is 71.5 Å². The predicted molar refractivity (Wildman–Crippen MR) is 105 cm³/mol. The van der Waals surface area contributed by atoms with Crippen molar-refractivity contribution in [3.05, 3.63) is 59.9 Å². The van der Waals surface area contributed by atoms with E-state index in [0.717, 1.165) is 17.7 Å². The summed E-state index contributed by atoms with van der Waals surface area (Å²) in [6.07, 6.45) is 4.15. The first kappa shape index (κ1) is 18.5. The van der Waals surface area contributed by atoms with Gasteiger partial charge in [0.15, 0.2) is 0 Å². The van der Waals surface area contributed by atoms with E-state index in [1.54, 1.807) is 24.4 Å². The van der Waals surface area contributed by atoms with Crippen molar-refractivity contribution in [2.45, 2.75) is 44.2 Å². The molecule has 2 amide bonds. The van der Waals surface area contributed by atoms with Crippen LogP contribution in [0.15, 0.2) is 48.7 Å². The Morgan fingerprint density at radius 2 is 2.07 bits per heavy atom. The third-order valence-corrected chi connectivity index (χ3v) is 5.77. The molecule has 1 saturated heterocycles. The van der Waals surface area contributed by atoms with Crippen molar-refractivity contribution in [1.82, 2.24) is 15.2 Å². The van der Waals surface area contributed by atoms with Crippen molar-refractivity contribution in [3.63, 3.8) is 0 Å². The number of amides is 2. The van der Waals surface area contributed by atoms with Gasteiger partial charge in [0.25, 0.3) is 5.91 Å². The van der Waals surface area contributed by atoms with Crippen LogP contribution in [0.5, 0.6) is 5.75 Å². The van der Waals surface area contributed by atoms with Crippen molar-refractivity contribution in [2.75, 3.05) is 13.1 Å². The van der Waals surface area contributed by atoms with E-state index in [0.29, 0.717) is 38.0 Å². The van der Waals surface area contributed by atoms with Gasteiger partial charge in [0.05, 0.1) is 6.04 Å². The second-order valence-corrected chi connectivity index (χ2v) is 7.49. The van der Waals surface area contributed by atoms with E-state index in [9.17, 15) is 9.59 Å². The molecule has 0 bridgehead atoms. The summed E-state index contributed by atoms with van der Waals surface area (Å²) in [6.45, 7) is 3.40. The fraction of sp³-hybridized carbons (Fsp3) is 0.409. The van der Waals surface area contributed by atoms with Gasteiger partial charge in [-0.3, -0.25) is 14.6 Å². The number of hydrogen-bond donors (Lipinski definition) is 1. The predicted octanol–water partition coefficient (Wildman–Crippen LogP) is 3.11. The van der Waals surface area contributed by atoms with E-state index >= 15 is 0 Å². The van der Waals surface area contributed by atoms with Gasteiger partial charge < -0.3 is 15.0 Å². The zero-order chi connectivity index (χ0) is 19.6. The van der Waals surface area contributed by atoms with Crippen LogP contribution in [0, 0.1) is 0 Å². The normalized spacial score (nSPS) is 24.2. The number of benzene rings is 1. The highest BCUT2D eigenvalue weighted by molar-refractivity contribution is 5.92. The minimum atomic E-state index is -0.448. The Labute approximate surface area is 164 Å². The van der Waals surface area contributed by atoms with Crippen molar-refractivity contribution in [3.8, 4) is 5.75 Å². The first-order chi connectivity index (χ1) is 13.6. The third kappa shape index (κ3) is 3.59. The van der Waals surface area contributed by atoms with Crippen LogP contribution >= 0.6 is 0 Å². The number of carbonyl (C=O) groups is 2. The molecule has 2 aromatic rings. The Kier molecular flexibility index (Phi) is 5.03. The van der Waals surface area contributed by atoms with Crippen LogP contribution in [-0.4, -0.2) is 40.4 Å². The molecule has 1 N–H and O–H groups in total. The fourth-order valence-electron chi connectivity index (χ4n) is 4.20. The second kappa shape index (κ2) is 7.62. The third-order valence-electron chi connectivity index (χ3n) is 5.77. The minimum Gasteiger partial charge on any atom is -0.487 e. The molecule has 2 unspecified atom stereocenters. The number of carbonyl (C=O) groups excluding carboxylic acids is 2. The molecule has 3 heterocycles. The van der Waals surface area contributed by atoms with Crippen LogP contribution in [0.1, 0.15) is 54.7 Å². The highest BCUT2D eigenvalue weighted by Gasteiger charge is 2.43. The molecular weight excluding hydrogens is 354 g/mol. The highest BCUT2D eigenvalue weighted by atomic mass is 16.5. The lowest BCUT2D eigenvalue weighted by atomic mass is 9.82. The minimum absolute atomic E-state index is 0.177. The largest absolute Gasteiger partial charge is 0.487 e. The molecule has 2 aliphatic rings. The number of nitrogens with zero attached hydrogens (tertiary/aromatic N) is 2. The number of aromatic nitrogens is 1. The number of rotatable bonds is 3. The van der Waals surface area contributed by atoms with E-state index in [4.69, 9.17) is 4.74 Å². The smallest absolute Gasteiger partial charge is 0.270 e. The van der Waals surface area contributed by atoms with Crippen LogP contribution in [0.2, 0.25) is 0 Å². The first-order valence-corrected chi connectivity index (χ1v) is 9.88. The molecule has 2 aliphatic heterocycles. The fourth-order valence-corrected chi connectivity index (χ4v) is 4.20. The zero-order valence-electron chi connectivity index (χ0n) is 16.1. The summed E-state index contributed by atoms with van der Waals surface area (Å²) >= 11 is 0. The van der Waals surface area contributed by atoms with Gasteiger partial charge in [-0.2, -0.15) is 0 Å². The van der Waals surface area contributed by atoms with Gasteiger partial charge in [0.2, 0.25) is 5.91 Å². The lowest BCUT2D eigenvalue weighted by Gasteiger charge is -2.42. The van der Waals surface area contributed by atoms with Gasteiger partial charge in [0, 0.05) is 44.1 Å². The maximum Gasteiger partial charge on any atom is 0.270 e. The molecule has 4 rings (SSSR count). The van der Waals surface area contributed by atoms with E-state index in [-0.39, 0.29) is 17.9 Å². The van der Waals surface area contributed by atoms with E-state index in [1.807, 2.05) is 36.1 Å². The maximum atomic E-state index is 12.7. The number of pyridine rings is 1. The quantitative estimate of drug-likeness (QED) is 0.890.